The van der Waals surface area contributed by atoms with Crippen LogP contribution in [-0.2, 0) is 0 Å². The van der Waals surface area contributed by atoms with Crippen LogP contribution in [-0.4, -0.2) is 11.4 Å². The van der Waals surface area contributed by atoms with Crippen LogP contribution >= 0.6 is 0 Å². The minimum absolute atomic E-state index is 0.142. The zero-order valence-electron chi connectivity index (χ0n) is 11.4. The van der Waals surface area contributed by atoms with Gasteiger partial charge < -0.3 is 5.32 Å². The van der Waals surface area contributed by atoms with E-state index in [0.717, 1.165) is 32.1 Å². The second kappa shape index (κ2) is 5.88. The van der Waals surface area contributed by atoms with Crippen LogP contribution in [0.1, 0.15) is 49.4 Å². The molecular weight excluding hydrogens is 236 g/mol. The normalized spacial score (nSPS) is 26.4. The highest BCUT2D eigenvalue weighted by Crippen LogP contribution is 2.33. The number of hydrogen-bond donors (Lipinski definition) is 1. The lowest BCUT2D eigenvalue weighted by Gasteiger charge is -2.35. The topological polar surface area (TPSA) is 52.9 Å². The Morgan fingerprint density at radius 1 is 1.37 bits per heavy atom. The van der Waals surface area contributed by atoms with Gasteiger partial charge in [-0.1, -0.05) is 31.5 Å². The molecule has 0 aliphatic heterocycles. The fourth-order valence-electron chi connectivity index (χ4n) is 2.72. The maximum atomic E-state index is 12.2. The van der Waals surface area contributed by atoms with Gasteiger partial charge in [0.25, 0.3) is 5.91 Å². The Hall–Kier alpha value is -1.82. The number of rotatable bonds is 3. The zero-order chi connectivity index (χ0) is 13.7. The molecule has 1 aromatic rings. The molecular formula is C16H20N2O. The van der Waals surface area contributed by atoms with Gasteiger partial charge in [-0.15, -0.1) is 0 Å². The summed E-state index contributed by atoms with van der Waals surface area (Å²) in [6.07, 6.45) is 4.74. The molecule has 3 heteroatoms. The first-order valence-corrected chi connectivity index (χ1v) is 6.98. The molecule has 1 fully saturated rings. The van der Waals surface area contributed by atoms with Gasteiger partial charge in [-0.05, 0) is 43.7 Å². The summed E-state index contributed by atoms with van der Waals surface area (Å²) in [6, 6.07) is 11.4. The van der Waals surface area contributed by atoms with Gasteiger partial charge in [0.15, 0.2) is 0 Å². The number of carbonyl (C=O) groups is 1. The van der Waals surface area contributed by atoms with Crippen LogP contribution in [0.15, 0.2) is 30.3 Å². The van der Waals surface area contributed by atoms with Crippen molar-refractivity contribution in [2.24, 2.45) is 5.92 Å². The monoisotopic (exact) mass is 256 g/mol. The van der Waals surface area contributed by atoms with Crippen LogP contribution in [0.3, 0.4) is 0 Å². The Morgan fingerprint density at radius 3 is 2.53 bits per heavy atom. The number of nitrogens with one attached hydrogen (secondary N) is 1. The van der Waals surface area contributed by atoms with Crippen molar-refractivity contribution in [2.75, 3.05) is 0 Å². The Labute approximate surface area is 114 Å². The van der Waals surface area contributed by atoms with E-state index in [-0.39, 0.29) is 5.91 Å². The van der Waals surface area contributed by atoms with Crippen LogP contribution in [0.5, 0.6) is 0 Å². The number of nitrogens with zero attached hydrogens (tertiary/aromatic N) is 1. The van der Waals surface area contributed by atoms with E-state index in [4.69, 9.17) is 0 Å². The first-order chi connectivity index (χ1) is 9.19. The molecule has 0 heterocycles. The van der Waals surface area contributed by atoms with Gasteiger partial charge in [0, 0.05) is 5.56 Å². The maximum Gasteiger partial charge on any atom is 0.252 e. The molecule has 0 atom stereocenters. The molecule has 1 saturated carbocycles. The maximum absolute atomic E-state index is 12.2. The highest BCUT2D eigenvalue weighted by molar-refractivity contribution is 5.94. The number of nitriles is 1. The quantitative estimate of drug-likeness (QED) is 0.902. The fraction of sp³-hybridized carbons (Fsp3) is 0.500. The van der Waals surface area contributed by atoms with Crippen LogP contribution in [0.4, 0.5) is 0 Å². The van der Waals surface area contributed by atoms with E-state index >= 15 is 0 Å². The van der Waals surface area contributed by atoms with Gasteiger partial charge in [-0.25, -0.2) is 0 Å². The van der Waals surface area contributed by atoms with E-state index in [0.29, 0.717) is 11.5 Å². The van der Waals surface area contributed by atoms with E-state index in [1.807, 2.05) is 18.2 Å². The summed E-state index contributed by atoms with van der Waals surface area (Å²) in [6.45, 7) is 2.19. The summed E-state index contributed by atoms with van der Waals surface area (Å²) in [5.41, 5.74) is -0.0479. The van der Waals surface area contributed by atoms with Gasteiger partial charge in [0.05, 0.1) is 6.07 Å². The van der Waals surface area contributed by atoms with Gasteiger partial charge in [-0.3, -0.25) is 4.79 Å². The molecule has 0 unspecified atom stereocenters. The number of amides is 1. The van der Waals surface area contributed by atoms with Crippen molar-refractivity contribution in [1.29, 1.82) is 5.26 Å². The first-order valence-electron chi connectivity index (χ1n) is 6.98. The van der Waals surface area contributed by atoms with Gasteiger partial charge in [-0.2, -0.15) is 5.26 Å². The molecule has 3 nitrogen and oxygen atoms in total. The molecule has 0 aromatic heterocycles. The Bertz CT molecular complexity index is 467. The van der Waals surface area contributed by atoms with Crippen molar-refractivity contribution in [3.8, 4) is 6.07 Å². The van der Waals surface area contributed by atoms with E-state index < -0.39 is 5.54 Å². The highest BCUT2D eigenvalue weighted by Gasteiger charge is 2.36. The lowest BCUT2D eigenvalue weighted by atomic mass is 9.76. The third kappa shape index (κ3) is 3.14. The average molecular weight is 256 g/mol. The van der Waals surface area contributed by atoms with Crippen LogP contribution in [0, 0.1) is 17.2 Å². The van der Waals surface area contributed by atoms with Gasteiger partial charge in [0.1, 0.15) is 5.54 Å². The fourth-order valence-corrected chi connectivity index (χ4v) is 2.72. The summed E-state index contributed by atoms with van der Waals surface area (Å²) in [4.78, 5) is 12.2. The van der Waals surface area contributed by atoms with Crippen molar-refractivity contribution in [3.05, 3.63) is 35.9 Å². The molecule has 1 amide bonds. The van der Waals surface area contributed by atoms with E-state index in [9.17, 15) is 10.1 Å². The van der Waals surface area contributed by atoms with Crippen molar-refractivity contribution in [2.45, 2.75) is 44.6 Å². The zero-order valence-corrected chi connectivity index (χ0v) is 11.4. The molecule has 1 aliphatic rings. The summed E-state index contributed by atoms with van der Waals surface area (Å²) in [7, 11) is 0. The molecule has 0 radical (unpaired) electrons. The van der Waals surface area contributed by atoms with Crippen molar-refractivity contribution >= 4 is 5.91 Å². The third-order valence-electron chi connectivity index (χ3n) is 4.14. The van der Waals surface area contributed by atoms with Crippen LogP contribution < -0.4 is 5.32 Å². The van der Waals surface area contributed by atoms with E-state index in [1.54, 1.807) is 12.1 Å². The smallest absolute Gasteiger partial charge is 0.252 e. The molecule has 19 heavy (non-hydrogen) atoms. The van der Waals surface area contributed by atoms with Gasteiger partial charge in [0.2, 0.25) is 0 Å². The predicted octanol–water partition coefficient (Wildman–Crippen LogP) is 3.28. The molecule has 1 N–H and O–H groups in total. The van der Waals surface area contributed by atoms with Crippen molar-refractivity contribution < 1.29 is 4.79 Å². The van der Waals surface area contributed by atoms with Crippen molar-refractivity contribution in [1.82, 2.24) is 5.32 Å². The first kappa shape index (κ1) is 13.6. The molecule has 2 rings (SSSR count). The highest BCUT2D eigenvalue weighted by atomic mass is 16.1. The summed E-state index contributed by atoms with van der Waals surface area (Å²) >= 11 is 0. The minimum atomic E-state index is -0.668. The largest absolute Gasteiger partial charge is 0.334 e. The third-order valence-corrected chi connectivity index (χ3v) is 4.14. The Kier molecular flexibility index (Phi) is 4.21. The molecule has 100 valence electrons. The summed E-state index contributed by atoms with van der Waals surface area (Å²) < 4.78 is 0. The molecule has 0 saturated heterocycles. The minimum Gasteiger partial charge on any atom is -0.334 e. The van der Waals surface area contributed by atoms with Crippen molar-refractivity contribution in [3.63, 3.8) is 0 Å². The van der Waals surface area contributed by atoms with Crippen LogP contribution in [0.25, 0.3) is 0 Å². The number of carbonyl (C=O) groups excluding carboxylic acids is 1. The Balaban J connectivity index is 2.04. The molecule has 1 aromatic carbocycles. The van der Waals surface area contributed by atoms with E-state index in [2.05, 4.69) is 18.3 Å². The molecule has 0 bridgehead atoms. The van der Waals surface area contributed by atoms with E-state index in [1.165, 1.54) is 0 Å². The van der Waals surface area contributed by atoms with Crippen LogP contribution in [0.2, 0.25) is 0 Å². The number of benzene rings is 1. The van der Waals surface area contributed by atoms with Gasteiger partial charge >= 0.3 is 0 Å². The molecule has 1 aliphatic carbocycles. The Morgan fingerprint density at radius 2 is 2.00 bits per heavy atom. The second-order valence-corrected chi connectivity index (χ2v) is 5.37. The lowest BCUT2D eigenvalue weighted by molar-refractivity contribution is 0.0891. The summed E-state index contributed by atoms with van der Waals surface area (Å²) in [5.74, 6) is 0.562. The summed E-state index contributed by atoms with van der Waals surface area (Å²) in [5, 5.41) is 12.4. The predicted molar refractivity (Wildman–Crippen MR) is 74.5 cm³/mol. The average Bonchev–Trinajstić information content (AvgIpc) is 2.49. The standard InChI is InChI=1S/C16H20N2O/c1-2-13-8-10-16(12-17,11-9-13)18-15(19)14-6-4-3-5-7-14/h3-7,13H,2,8-11H2,1H3,(H,18,19). The lowest BCUT2D eigenvalue weighted by Crippen LogP contribution is -2.49. The SMILES string of the molecule is CCC1CCC(C#N)(NC(=O)c2ccccc2)CC1. The number of hydrogen-bond acceptors (Lipinski definition) is 2. The molecule has 0 spiro atoms. The second-order valence-electron chi connectivity index (χ2n) is 5.37.